The minimum Gasteiger partial charge on any atom is -0.462 e. The smallest absolute Gasteiger partial charge is 0.462 e. The average molecular weight is 1100 g/mol. The zero-order valence-electron chi connectivity index (χ0n) is 49.1. The number of rotatable bonds is 50. The molecule has 0 bridgehead atoms. The second-order valence-electron chi connectivity index (χ2n) is 19.6. The van der Waals surface area contributed by atoms with Gasteiger partial charge in [0.25, 0.3) is 0 Å². The summed E-state index contributed by atoms with van der Waals surface area (Å²) >= 11 is 0. The van der Waals surface area contributed by atoms with E-state index in [2.05, 4.69) is 208 Å². The van der Waals surface area contributed by atoms with Gasteiger partial charge < -0.3 is 18.9 Å². The van der Waals surface area contributed by atoms with E-state index >= 15 is 0 Å². The molecule has 0 aromatic carbocycles. The van der Waals surface area contributed by atoms with Gasteiger partial charge in [0, 0.05) is 12.8 Å². The summed E-state index contributed by atoms with van der Waals surface area (Å²) in [4.78, 5) is 35.6. The van der Waals surface area contributed by atoms with Crippen molar-refractivity contribution in [2.45, 2.75) is 174 Å². The lowest BCUT2D eigenvalue weighted by Gasteiger charge is -2.24. The fraction of sp³-hybridized carbons (Fsp3) is 0.500. The summed E-state index contributed by atoms with van der Waals surface area (Å²) in [7, 11) is 1.39. The molecule has 0 amide bonds. The van der Waals surface area contributed by atoms with E-state index in [0.29, 0.717) is 23.9 Å². The van der Waals surface area contributed by atoms with Crippen LogP contribution in [0.3, 0.4) is 0 Å². The van der Waals surface area contributed by atoms with Crippen LogP contribution in [0, 0.1) is 0 Å². The largest absolute Gasteiger partial charge is 0.472 e. The molecule has 0 aromatic heterocycles. The number of nitrogens with zero attached hydrogens (tertiary/aromatic N) is 1. The Labute approximate surface area is 475 Å². The molecule has 10 heteroatoms. The third kappa shape index (κ3) is 60.1. The number of hydrogen-bond donors (Lipinski definition) is 1. The maximum Gasteiger partial charge on any atom is 0.472 e. The van der Waals surface area contributed by atoms with Crippen molar-refractivity contribution in [3.8, 4) is 0 Å². The molecule has 2 atom stereocenters. The van der Waals surface area contributed by atoms with Crippen molar-refractivity contribution in [2.24, 2.45) is 0 Å². The van der Waals surface area contributed by atoms with Gasteiger partial charge in [0.2, 0.25) is 0 Å². The van der Waals surface area contributed by atoms with Gasteiger partial charge in [-0.05, 0) is 141 Å². The van der Waals surface area contributed by atoms with Crippen LogP contribution in [-0.4, -0.2) is 74.9 Å². The number of phosphoric ester groups is 1. The van der Waals surface area contributed by atoms with E-state index < -0.39 is 32.5 Å². The van der Waals surface area contributed by atoms with E-state index in [1.165, 1.54) is 0 Å². The Balaban J connectivity index is 4.30. The van der Waals surface area contributed by atoms with Crippen molar-refractivity contribution in [3.63, 3.8) is 0 Å². The molecule has 0 fully saturated rings. The van der Waals surface area contributed by atoms with Gasteiger partial charge in [-0.3, -0.25) is 18.6 Å². The molecule has 434 valence electrons. The van der Waals surface area contributed by atoms with Crippen molar-refractivity contribution in [1.29, 1.82) is 0 Å². The third-order valence-electron chi connectivity index (χ3n) is 11.1. The number of carbonyl (C=O) groups excluding carboxylic acids is 2. The molecule has 0 spiro atoms. The number of allylic oxidation sites excluding steroid dienone is 32. The highest BCUT2D eigenvalue weighted by atomic mass is 31.2. The Bertz CT molecular complexity index is 2010. The molecule has 0 aliphatic heterocycles. The summed E-state index contributed by atoms with van der Waals surface area (Å²) in [5.41, 5.74) is 0. The number of ether oxygens (including phenoxy) is 2. The topological polar surface area (TPSA) is 108 Å². The molecule has 2 unspecified atom stereocenters. The molecule has 0 rings (SSSR count). The molecule has 0 aliphatic rings. The quantitative estimate of drug-likeness (QED) is 0.0211. The first-order chi connectivity index (χ1) is 38.0. The van der Waals surface area contributed by atoms with E-state index in [0.717, 1.165) is 128 Å². The SMILES string of the molecule is CC/C=C\C/C=C\C/C=C\C/C=C\C/C=C\C/C=C\C/C=C\C/C=C\C/C=C\C/C=C\C/C=C\C/C=C\CCCCC(=O)OC(COC(=O)CCCC/C=C\C/C=C\C/C=C\C/C=C\CC)COP(=O)(O)OCC[N+](C)(C)C. The van der Waals surface area contributed by atoms with Gasteiger partial charge in [0.1, 0.15) is 19.8 Å². The lowest BCUT2D eigenvalue weighted by atomic mass is 10.1. The Morgan fingerprint density at radius 3 is 0.974 bits per heavy atom. The second-order valence-corrected chi connectivity index (χ2v) is 21.0. The first kappa shape index (κ1) is 72.8. The fourth-order valence-corrected chi connectivity index (χ4v) is 7.43. The summed E-state index contributed by atoms with van der Waals surface area (Å²) in [5, 5.41) is 0. The molecular formula is C68H105NO8P+. The van der Waals surface area contributed by atoms with E-state index in [9.17, 15) is 19.0 Å². The van der Waals surface area contributed by atoms with Crippen LogP contribution in [0.5, 0.6) is 0 Å². The third-order valence-corrected chi connectivity index (χ3v) is 12.1. The van der Waals surface area contributed by atoms with Crippen LogP contribution in [0.4, 0.5) is 0 Å². The van der Waals surface area contributed by atoms with Crippen LogP contribution in [0.15, 0.2) is 194 Å². The Kier molecular flexibility index (Phi) is 52.8. The molecule has 0 saturated heterocycles. The van der Waals surface area contributed by atoms with E-state index in [4.69, 9.17) is 18.5 Å². The van der Waals surface area contributed by atoms with Gasteiger partial charge >= 0.3 is 19.8 Å². The molecular weight excluding hydrogens is 990 g/mol. The van der Waals surface area contributed by atoms with Crippen molar-refractivity contribution in [2.75, 3.05) is 47.5 Å². The fourth-order valence-electron chi connectivity index (χ4n) is 6.69. The van der Waals surface area contributed by atoms with Crippen LogP contribution in [0.1, 0.15) is 168 Å². The van der Waals surface area contributed by atoms with Crippen molar-refractivity contribution in [1.82, 2.24) is 0 Å². The number of quaternary nitrogens is 1. The lowest BCUT2D eigenvalue weighted by Crippen LogP contribution is -2.37. The van der Waals surface area contributed by atoms with Gasteiger partial charge in [-0.2, -0.15) is 0 Å². The van der Waals surface area contributed by atoms with Crippen LogP contribution in [0.25, 0.3) is 0 Å². The highest BCUT2D eigenvalue weighted by Gasteiger charge is 2.27. The Morgan fingerprint density at radius 2 is 0.679 bits per heavy atom. The number of unbranched alkanes of at least 4 members (excludes halogenated alkanes) is 4. The van der Waals surface area contributed by atoms with E-state index in [-0.39, 0.29) is 26.1 Å². The highest BCUT2D eigenvalue weighted by molar-refractivity contribution is 7.47. The van der Waals surface area contributed by atoms with Gasteiger partial charge in [-0.25, -0.2) is 4.57 Å². The second kappa shape index (κ2) is 56.6. The van der Waals surface area contributed by atoms with E-state index in [1.54, 1.807) is 0 Å². The number of phosphoric acid groups is 1. The summed E-state index contributed by atoms with van der Waals surface area (Å²) in [5.74, 6) is -0.919. The standard InChI is InChI=1S/C68H104NO8P/c1-6-8-10-12-14-16-18-20-22-23-24-25-26-27-28-29-30-31-32-33-34-35-36-37-38-39-40-41-42-43-44-45-47-49-51-53-55-57-59-61-68(71)77-66(65-76-78(72,73)75-63-62-69(3,4)5)64-74-67(70)60-58-56-54-52-50-48-46-21-19-17-15-13-11-9-7-2/h8-11,14-17,20-22,24-25,27-28,30-31,33-34,36-37,39-40,42-43,45-47,50-53,66H,6-7,12-13,18-19,23,26,29,32,35,38,41,44,48-49,54-65H2,1-5H3/p+1/b10-8-,11-9-,16-14-,17-15-,22-20-,25-24-,28-27-,31-30-,34-33-,37-36-,40-39-,43-42-,46-21-,47-45-,52-50-,53-51-. The van der Waals surface area contributed by atoms with Gasteiger partial charge in [0.15, 0.2) is 6.10 Å². The van der Waals surface area contributed by atoms with E-state index in [1.807, 2.05) is 21.1 Å². The summed E-state index contributed by atoms with van der Waals surface area (Å²) in [6, 6.07) is 0. The van der Waals surface area contributed by atoms with Crippen LogP contribution in [-0.2, 0) is 32.7 Å². The zero-order chi connectivity index (χ0) is 57.0. The number of carbonyl (C=O) groups is 2. The Hall–Kier alpha value is -5.15. The van der Waals surface area contributed by atoms with Crippen molar-refractivity contribution in [3.05, 3.63) is 194 Å². The van der Waals surface area contributed by atoms with Crippen molar-refractivity contribution >= 4 is 19.8 Å². The maximum atomic E-state index is 12.8. The van der Waals surface area contributed by atoms with Gasteiger partial charge in [-0.15, -0.1) is 0 Å². The first-order valence-electron chi connectivity index (χ1n) is 29.2. The summed E-state index contributed by atoms with van der Waals surface area (Å²) in [6.07, 6.45) is 89.5. The summed E-state index contributed by atoms with van der Waals surface area (Å²) < 4.78 is 34.4. The normalized spacial score (nSPS) is 14.7. The molecule has 0 radical (unpaired) electrons. The lowest BCUT2D eigenvalue weighted by molar-refractivity contribution is -0.870. The average Bonchev–Trinajstić information content (AvgIpc) is 3.41. The van der Waals surface area contributed by atoms with Crippen LogP contribution >= 0.6 is 7.82 Å². The molecule has 0 aliphatic carbocycles. The molecule has 0 saturated carbocycles. The number of hydrogen-bond acceptors (Lipinski definition) is 7. The Morgan fingerprint density at radius 1 is 0.397 bits per heavy atom. The van der Waals surface area contributed by atoms with Crippen molar-refractivity contribution < 1.29 is 42.1 Å². The van der Waals surface area contributed by atoms with Crippen LogP contribution in [0.2, 0.25) is 0 Å². The number of likely N-dealkylation sites (N-methyl/N-ethyl adjacent to an activating group) is 1. The number of esters is 2. The maximum absolute atomic E-state index is 12.8. The predicted octanol–water partition coefficient (Wildman–Crippen LogP) is 18.6. The first-order valence-corrected chi connectivity index (χ1v) is 30.7. The molecule has 9 nitrogen and oxygen atoms in total. The molecule has 0 heterocycles. The van der Waals surface area contributed by atoms with Gasteiger partial charge in [0.05, 0.1) is 27.7 Å². The monoisotopic (exact) mass is 1090 g/mol. The predicted molar refractivity (Wildman–Crippen MR) is 334 cm³/mol. The molecule has 1 N–H and O–H groups in total. The van der Waals surface area contributed by atoms with Gasteiger partial charge in [-0.1, -0.05) is 208 Å². The summed E-state index contributed by atoms with van der Waals surface area (Å²) in [6.45, 7) is 4.05. The highest BCUT2D eigenvalue weighted by Crippen LogP contribution is 2.43. The minimum absolute atomic E-state index is 0.00448. The zero-order valence-corrected chi connectivity index (χ0v) is 49.9. The van der Waals surface area contributed by atoms with Crippen LogP contribution < -0.4 is 0 Å². The molecule has 0 aromatic rings. The minimum atomic E-state index is -4.42. The molecule has 78 heavy (non-hydrogen) atoms.